The van der Waals surface area contributed by atoms with Crippen molar-refractivity contribution in [3.8, 4) is 0 Å². The Morgan fingerprint density at radius 2 is 0.822 bits per heavy atom. The number of unbranched alkanes of at least 4 members (excludes halogenated alkanes) is 1. The number of aliphatic carboxylic acids is 1. The number of aliphatic hydroxyl groups is 3. The molecule has 107 heavy (non-hydrogen) atoms. The number of fused-ring (bicyclic) bond motifs is 1. The Bertz CT molecular complexity index is 3960. The Morgan fingerprint density at radius 3 is 1.25 bits per heavy atom. The van der Waals surface area contributed by atoms with Gasteiger partial charge in [0.25, 0.3) is 0 Å². The standard InChI is InChI=1S/C77H99N13O15S2/c1-45(2)80-41-52-30-28-51(29-31-52)39-60-72(99)88-65(46(3)92)74(101)86-61(38-50-23-13-8-14-24-50)73(100)89-66(47(4)93)75(102)87-63(42-91)76(103)90(5)64(77(104)105)44-107-106-43-56(79)67(94)81-57(27-17-18-34-78)68(95)82-58(36-48-19-9-6-10-20-48)69(96)83-59(37-49-21-11-7-12-22-49)70(97)85-62(71(98)84-60)40-53-32-33-54-25-15-16-26-55(54)35-53/h6-16,19-26,28-33,35,45-47,56-66,80,91-93H,17-18,27,34,36-44,78-79H2,1-5H3,(H,81,94)(H,82,95)(H,83,96)(H,84,98)(H,85,97)(H,86,101)(H,87,102)(H,88,99)(H,89,100)(H,104,105)/t46-,47-,56+,57+,58+,59+,60+,61+,62-,63+,64+,65+,66+/m1/s1. The third-order valence-corrected chi connectivity index (χ3v) is 20.4. The van der Waals surface area contributed by atoms with Crippen LogP contribution in [-0.4, -0.2) is 207 Å². The van der Waals surface area contributed by atoms with Gasteiger partial charge in [-0.15, -0.1) is 0 Å². The molecule has 6 aromatic carbocycles. The maximum Gasteiger partial charge on any atom is 0.327 e. The van der Waals surface area contributed by atoms with Crippen LogP contribution in [0.15, 0.2) is 158 Å². The lowest BCUT2D eigenvalue weighted by Crippen LogP contribution is -2.63. The normalized spacial score (nSPS) is 23.6. The molecule has 1 saturated heterocycles. The van der Waals surface area contributed by atoms with Crippen molar-refractivity contribution >= 4 is 97.4 Å². The number of carbonyl (C=O) groups is 11. The van der Waals surface area contributed by atoms with Crippen LogP contribution >= 0.6 is 21.6 Å². The van der Waals surface area contributed by atoms with Gasteiger partial charge in [0.05, 0.1) is 24.9 Å². The van der Waals surface area contributed by atoms with Gasteiger partial charge >= 0.3 is 5.97 Å². The first kappa shape index (κ1) is 84.5. The highest BCUT2D eigenvalue weighted by molar-refractivity contribution is 8.76. The molecule has 0 bridgehead atoms. The quantitative estimate of drug-likeness (QED) is 0.0349. The van der Waals surface area contributed by atoms with Crippen LogP contribution < -0.4 is 64.6 Å². The number of carboxylic acid groups (broad SMARTS) is 1. The minimum Gasteiger partial charge on any atom is -0.480 e. The minimum absolute atomic E-state index is 0.0314. The summed E-state index contributed by atoms with van der Waals surface area (Å²) in [5.41, 5.74) is 15.9. The first-order valence-electron chi connectivity index (χ1n) is 35.5. The number of amides is 10. The molecule has 6 aromatic rings. The van der Waals surface area contributed by atoms with Crippen molar-refractivity contribution in [1.82, 2.24) is 58.1 Å². The predicted molar refractivity (Wildman–Crippen MR) is 408 cm³/mol. The topological polar surface area (TPSA) is 444 Å². The van der Waals surface area contributed by atoms with E-state index in [4.69, 9.17) is 11.5 Å². The number of aliphatic hydroxyl groups excluding tert-OH is 3. The van der Waals surface area contributed by atoms with Gasteiger partial charge in [-0.1, -0.05) is 193 Å². The highest BCUT2D eigenvalue weighted by atomic mass is 33.1. The lowest BCUT2D eigenvalue weighted by atomic mass is 9.98. The fourth-order valence-electron chi connectivity index (χ4n) is 11.8. The molecule has 574 valence electrons. The van der Waals surface area contributed by atoms with Crippen molar-refractivity contribution in [2.24, 2.45) is 11.5 Å². The molecule has 0 spiro atoms. The maximum atomic E-state index is 15.6. The Labute approximate surface area is 630 Å². The van der Waals surface area contributed by atoms with E-state index in [1.54, 1.807) is 109 Å². The molecule has 18 N–H and O–H groups in total. The molecule has 1 heterocycles. The molecule has 0 saturated carbocycles. The zero-order valence-corrected chi connectivity index (χ0v) is 62.1. The minimum atomic E-state index is -1.91. The molecular formula is C77H99N13O15S2. The van der Waals surface area contributed by atoms with Crippen LogP contribution in [0.2, 0.25) is 0 Å². The summed E-state index contributed by atoms with van der Waals surface area (Å²) in [5, 5.41) is 72.4. The summed E-state index contributed by atoms with van der Waals surface area (Å²) >= 11 is 0. The van der Waals surface area contributed by atoms with Gasteiger partial charge < -0.3 is 90.0 Å². The summed E-state index contributed by atoms with van der Waals surface area (Å²) in [7, 11) is 2.99. The van der Waals surface area contributed by atoms with E-state index < -0.39 is 150 Å². The SMILES string of the molecule is CC(C)NCc1ccc(C[C@@H]2NC(=O)[C@@H](Cc3ccc4ccccc4c3)NC(=O)[C@H](Cc3ccccc3)NC(=O)[C@H](Cc3ccccc3)NC(=O)[C@H](CCCCN)NC(=O)[C@@H](N)CSSC[C@@H](C(=O)O)N(C)C(=O)[C@H](CO)NC(=O)[C@H]([C@@H](C)O)NC(=O)[C@H](Cc3ccccc3)NC(=O)[C@H]([C@@H](C)O)NC2=O)cc1. The number of nitrogens with one attached hydrogen (secondary N) is 10. The lowest BCUT2D eigenvalue weighted by molar-refractivity contribution is -0.149. The smallest absolute Gasteiger partial charge is 0.327 e. The van der Waals surface area contributed by atoms with E-state index in [1.807, 2.05) is 62.4 Å². The van der Waals surface area contributed by atoms with Crippen LogP contribution in [-0.2, 0) is 91.4 Å². The van der Waals surface area contributed by atoms with Crippen molar-refractivity contribution in [2.45, 2.75) is 170 Å². The number of nitrogens with zero attached hydrogens (tertiary/aromatic N) is 1. The van der Waals surface area contributed by atoms with Gasteiger partial charge in [0.1, 0.15) is 60.4 Å². The van der Waals surface area contributed by atoms with Crippen molar-refractivity contribution in [3.05, 3.63) is 191 Å². The number of hydrogen-bond donors (Lipinski definition) is 16. The second-order valence-corrected chi connectivity index (χ2v) is 29.4. The van der Waals surface area contributed by atoms with Crippen molar-refractivity contribution in [3.63, 3.8) is 0 Å². The van der Waals surface area contributed by atoms with Crippen LogP contribution in [0.1, 0.15) is 80.3 Å². The number of rotatable bonds is 21. The second kappa shape index (κ2) is 42.5. The van der Waals surface area contributed by atoms with Crippen molar-refractivity contribution in [2.75, 3.05) is 31.7 Å². The molecule has 1 aliphatic heterocycles. The molecule has 0 aromatic heterocycles. The van der Waals surface area contributed by atoms with E-state index in [1.165, 1.54) is 6.92 Å². The summed E-state index contributed by atoms with van der Waals surface area (Å²) in [6.07, 6.45) is -3.65. The molecular weight excluding hydrogens is 1410 g/mol. The number of carbonyl (C=O) groups excluding carboxylic acids is 10. The molecule has 13 atom stereocenters. The highest BCUT2D eigenvalue weighted by Gasteiger charge is 2.40. The van der Waals surface area contributed by atoms with Gasteiger partial charge in [-0.25, -0.2) is 4.79 Å². The summed E-state index contributed by atoms with van der Waals surface area (Å²) in [4.78, 5) is 161. The van der Waals surface area contributed by atoms with Crippen molar-refractivity contribution < 1.29 is 73.2 Å². The Kier molecular flexibility index (Phi) is 33.6. The third-order valence-electron chi connectivity index (χ3n) is 17.9. The van der Waals surface area contributed by atoms with E-state index in [0.717, 1.165) is 56.8 Å². The van der Waals surface area contributed by atoms with Crippen LogP contribution in [0.25, 0.3) is 10.8 Å². The number of carboxylic acids is 1. The van der Waals surface area contributed by atoms with Gasteiger partial charge in [-0.2, -0.15) is 0 Å². The number of nitrogens with two attached hydrogens (primary N) is 2. The fraction of sp³-hybridized carbons (Fsp3) is 0.416. The second-order valence-electron chi connectivity index (χ2n) is 26.8. The highest BCUT2D eigenvalue weighted by Crippen LogP contribution is 2.25. The number of hydrogen-bond acceptors (Lipinski definition) is 19. The molecule has 10 amide bonds. The average molecular weight is 1510 g/mol. The van der Waals surface area contributed by atoms with Gasteiger partial charge in [0, 0.05) is 63.2 Å². The Hall–Kier alpha value is -9.79. The van der Waals surface area contributed by atoms with Gasteiger partial charge in [-0.3, -0.25) is 47.9 Å². The van der Waals surface area contributed by atoms with E-state index in [-0.39, 0.29) is 62.6 Å². The van der Waals surface area contributed by atoms with E-state index in [9.17, 15) is 54.0 Å². The fourth-order valence-corrected chi connectivity index (χ4v) is 14.2. The van der Waals surface area contributed by atoms with Crippen LogP contribution in [0.4, 0.5) is 0 Å². The largest absolute Gasteiger partial charge is 0.480 e. The first-order chi connectivity index (χ1) is 51.2. The van der Waals surface area contributed by atoms with Gasteiger partial charge in [0.15, 0.2) is 0 Å². The summed E-state index contributed by atoms with van der Waals surface area (Å²) in [5.74, 6) is -11.7. The zero-order chi connectivity index (χ0) is 77.7. The summed E-state index contributed by atoms with van der Waals surface area (Å²) in [6.45, 7) is 5.95. The molecule has 28 nitrogen and oxygen atoms in total. The Morgan fingerprint density at radius 1 is 0.458 bits per heavy atom. The van der Waals surface area contributed by atoms with Gasteiger partial charge in [-0.05, 0) is 83.8 Å². The van der Waals surface area contributed by atoms with E-state index in [2.05, 4.69) is 53.2 Å². The molecule has 0 unspecified atom stereocenters. The van der Waals surface area contributed by atoms with Crippen LogP contribution in [0.3, 0.4) is 0 Å². The van der Waals surface area contributed by atoms with E-state index in [0.29, 0.717) is 47.2 Å². The predicted octanol–water partition coefficient (Wildman–Crippen LogP) is 0.731. The number of benzene rings is 6. The van der Waals surface area contributed by atoms with E-state index >= 15 is 19.2 Å². The number of likely N-dealkylation sites (N-methyl/N-ethyl adjacent to an activating group) is 1. The molecule has 0 aliphatic carbocycles. The van der Waals surface area contributed by atoms with Crippen LogP contribution in [0.5, 0.6) is 0 Å². The van der Waals surface area contributed by atoms with Crippen molar-refractivity contribution in [1.29, 1.82) is 0 Å². The molecule has 1 aliphatic rings. The molecule has 1 fully saturated rings. The maximum absolute atomic E-state index is 15.6. The first-order valence-corrected chi connectivity index (χ1v) is 38.0. The molecule has 30 heteroatoms. The van der Waals surface area contributed by atoms with Crippen LogP contribution in [0, 0.1) is 0 Å². The summed E-state index contributed by atoms with van der Waals surface area (Å²) < 4.78 is 0. The Balaban J connectivity index is 1.33. The monoisotopic (exact) mass is 1510 g/mol. The lowest BCUT2D eigenvalue weighted by Gasteiger charge is -2.30. The average Bonchev–Trinajstić information content (AvgIpc) is 0.835. The summed E-state index contributed by atoms with van der Waals surface area (Å²) in [6, 6.07) is 28.3. The molecule has 0 radical (unpaired) electrons. The van der Waals surface area contributed by atoms with Gasteiger partial charge in [0.2, 0.25) is 59.1 Å². The zero-order valence-electron chi connectivity index (χ0n) is 60.5. The molecule has 7 rings (SSSR count). The third kappa shape index (κ3) is 26.6.